The van der Waals surface area contributed by atoms with Gasteiger partial charge in [0.2, 0.25) is 0 Å². The number of aryl methyl sites for hydroxylation is 1. The topological polar surface area (TPSA) is 64.5 Å². The number of hydrogen-bond acceptors (Lipinski definition) is 3. The van der Waals surface area contributed by atoms with Crippen LogP contribution in [-0.4, -0.2) is 10.1 Å². The summed E-state index contributed by atoms with van der Waals surface area (Å²) in [6.45, 7) is 6.42. The van der Waals surface area contributed by atoms with Crippen LogP contribution in [0, 0.1) is 22.7 Å². The highest BCUT2D eigenvalue weighted by atomic mass is 15.1. The molecule has 2 aliphatic rings. The third-order valence-electron chi connectivity index (χ3n) is 5.82. The number of fused-ring (bicyclic) bond motifs is 2. The predicted molar refractivity (Wildman–Crippen MR) is 91.1 cm³/mol. The van der Waals surface area contributed by atoms with E-state index >= 15 is 0 Å². The molecule has 23 heavy (non-hydrogen) atoms. The Morgan fingerprint density at radius 3 is 2.57 bits per heavy atom. The number of nitrogens with one attached hydrogen (secondary N) is 1. The number of aromatic nitrogens is 1. The number of allylic oxidation sites excluding steroid dienone is 1. The molecule has 114 valence electrons. The zero-order valence-electron chi connectivity index (χ0n) is 13.8. The summed E-state index contributed by atoms with van der Waals surface area (Å²) in [5.41, 5.74) is 5.28. The predicted octanol–water partition coefficient (Wildman–Crippen LogP) is 3.80. The van der Waals surface area contributed by atoms with E-state index in [9.17, 15) is 10.5 Å². The number of anilines is 1. The maximum absolute atomic E-state index is 9.66. The van der Waals surface area contributed by atoms with E-state index in [1.807, 2.05) is 20.0 Å². The standard InChI is InChI=1S/C19H18N4/c1-5-6-13-16-14-15(18(2)10-19(18,3)22-16)11(8-20)7-12(9-21)17(14)23(13)4/h5-7,22H,10H2,1-4H3/b6-5-/t18?,19-/m0/s1. The summed E-state index contributed by atoms with van der Waals surface area (Å²) >= 11 is 0. The van der Waals surface area contributed by atoms with Crippen molar-refractivity contribution in [3.8, 4) is 12.1 Å². The molecule has 0 spiro atoms. The van der Waals surface area contributed by atoms with Crippen LogP contribution in [0.3, 0.4) is 0 Å². The molecule has 1 fully saturated rings. The summed E-state index contributed by atoms with van der Waals surface area (Å²) in [6.07, 6.45) is 5.07. The van der Waals surface area contributed by atoms with Crippen LogP contribution in [0.15, 0.2) is 12.1 Å². The van der Waals surface area contributed by atoms with E-state index in [4.69, 9.17) is 0 Å². The molecule has 0 radical (unpaired) electrons. The van der Waals surface area contributed by atoms with Crippen molar-refractivity contribution in [3.05, 3.63) is 34.5 Å². The Kier molecular flexibility index (Phi) is 2.40. The van der Waals surface area contributed by atoms with Gasteiger partial charge in [-0.15, -0.1) is 0 Å². The second kappa shape index (κ2) is 3.97. The lowest BCUT2D eigenvalue weighted by Crippen LogP contribution is -2.31. The van der Waals surface area contributed by atoms with Gasteiger partial charge in [-0.3, -0.25) is 0 Å². The molecule has 2 atom stereocenters. The van der Waals surface area contributed by atoms with Crippen LogP contribution in [0.1, 0.15) is 49.6 Å². The van der Waals surface area contributed by atoms with Crippen molar-refractivity contribution >= 4 is 22.7 Å². The fraction of sp³-hybridized carbons (Fsp3) is 0.368. The van der Waals surface area contributed by atoms with E-state index < -0.39 is 0 Å². The van der Waals surface area contributed by atoms with Gasteiger partial charge in [-0.05, 0) is 38.0 Å². The molecule has 1 saturated carbocycles. The Balaban J connectivity index is 2.27. The van der Waals surface area contributed by atoms with Gasteiger partial charge in [0.05, 0.1) is 34.1 Å². The lowest BCUT2D eigenvalue weighted by atomic mass is 9.82. The van der Waals surface area contributed by atoms with Gasteiger partial charge < -0.3 is 9.88 Å². The number of benzene rings is 1. The molecule has 4 nitrogen and oxygen atoms in total. The van der Waals surface area contributed by atoms with Gasteiger partial charge in [0, 0.05) is 23.4 Å². The zero-order chi connectivity index (χ0) is 16.6. The minimum absolute atomic E-state index is 0.0234. The first kappa shape index (κ1) is 13.9. The molecular weight excluding hydrogens is 284 g/mol. The molecule has 0 bridgehead atoms. The van der Waals surface area contributed by atoms with Gasteiger partial charge in [0.15, 0.2) is 0 Å². The highest BCUT2D eigenvalue weighted by molar-refractivity contribution is 6.07. The lowest BCUT2D eigenvalue weighted by molar-refractivity contribution is 0.643. The van der Waals surface area contributed by atoms with Crippen LogP contribution >= 0.6 is 0 Å². The third-order valence-corrected chi connectivity index (χ3v) is 5.82. The van der Waals surface area contributed by atoms with E-state index in [1.165, 1.54) is 0 Å². The van der Waals surface area contributed by atoms with Gasteiger partial charge in [0.1, 0.15) is 6.07 Å². The summed E-state index contributed by atoms with van der Waals surface area (Å²) in [6, 6.07) is 6.36. The van der Waals surface area contributed by atoms with Gasteiger partial charge >= 0.3 is 0 Å². The van der Waals surface area contributed by atoms with Crippen molar-refractivity contribution in [2.45, 2.75) is 38.1 Å². The first-order chi connectivity index (χ1) is 10.9. The molecule has 0 saturated heterocycles. The van der Waals surface area contributed by atoms with Crippen molar-refractivity contribution in [1.82, 2.24) is 4.57 Å². The van der Waals surface area contributed by atoms with Crippen molar-refractivity contribution in [1.29, 1.82) is 10.5 Å². The smallest absolute Gasteiger partial charge is 0.101 e. The van der Waals surface area contributed by atoms with Crippen molar-refractivity contribution in [2.75, 3.05) is 5.32 Å². The fourth-order valence-corrected chi connectivity index (χ4v) is 4.39. The number of nitriles is 2. The molecule has 2 aromatic rings. The van der Waals surface area contributed by atoms with E-state index in [-0.39, 0.29) is 11.0 Å². The van der Waals surface area contributed by atoms with Crippen LogP contribution in [0.5, 0.6) is 0 Å². The van der Waals surface area contributed by atoms with E-state index in [0.29, 0.717) is 11.1 Å². The van der Waals surface area contributed by atoms with Crippen LogP contribution < -0.4 is 5.32 Å². The minimum Gasteiger partial charge on any atom is -0.377 e. The van der Waals surface area contributed by atoms with Gasteiger partial charge in [0.25, 0.3) is 0 Å². The Morgan fingerprint density at radius 1 is 1.26 bits per heavy atom. The highest BCUT2D eigenvalue weighted by Gasteiger charge is 2.66. The monoisotopic (exact) mass is 302 g/mol. The molecule has 1 aromatic carbocycles. The van der Waals surface area contributed by atoms with Crippen LogP contribution in [0.25, 0.3) is 17.0 Å². The average molecular weight is 302 g/mol. The van der Waals surface area contributed by atoms with Crippen molar-refractivity contribution in [2.24, 2.45) is 7.05 Å². The SMILES string of the molecule is C/C=C\c1c2c3c(c(C#N)cc(C#N)c3n1C)C1(C)C[C@]1(C)N2. The van der Waals surface area contributed by atoms with E-state index in [1.54, 1.807) is 6.07 Å². The normalized spacial score (nSPS) is 27.4. The summed E-state index contributed by atoms with van der Waals surface area (Å²) in [4.78, 5) is 0. The molecule has 0 amide bonds. The molecular formula is C19H18N4. The zero-order valence-corrected chi connectivity index (χ0v) is 13.8. The largest absolute Gasteiger partial charge is 0.377 e. The third kappa shape index (κ3) is 1.39. The maximum Gasteiger partial charge on any atom is 0.101 e. The number of nitrogens with zero attached hydrogens (tertiary/aromatic N) is 3. The van der Waals surface area contributed by atoms with Crippen LogP contribution in [0.2, 0.25) is 0 Å². The molecule has 1 aliphatic heterocycles. The number of hydrogen-bond donors (Lipinski definition) is 1. The summed E-state index contributed by atoms with van der Waals surface area (Å²) in [5.74, 6) is 0. The Hall–Kier alpha value is -2.72. The first-order valence-corrected chi connectivity index (χ1v) is 7.83. The summed E-state index contributed by atoms with van der Waals surface area (Å²) in [5, 5.41) is 24.0. The van der Waals surface area contributed by atoms with Crippen LogP contribution in [0.4, 0.5) is 5.69 Å². The molecule has 2 heterocycles. The van der Waals surface area contributed by atoms with Gasteiger partial charge in [-0.1, -0.05) is 13.0 Å². The van der Waals surface area contributed by atoms with Crippen molar-refractivity contribution in [3.63, 3.8) is 0 Å². The summed E-state index contributed by atoms with van der Waals surface area (Å²) < 4.78 is 2.07. The Morgan fingerprint density at radius 2 is 1.96 bits per heavy atom. The van der Waals surface area contributed by atoms with Crippen molar-refractivity contribution < 1.29 is 0 Å². The van der Waals surface area contributed by atoms with Gasteiger partial charge in [-0.25, -0.2) is 0 Å². The molecule has 4 heteroatoms. The highest BCUT2D eigenvalue weighted by Crippen LogP contribution is 2.65. The molecule has 4 rings (SSSR count). The maximum atomic E-state index is 9.66. The minimum atomic E-state index is -0.0498. The second-order valence-corrected chi connectivity index (χ2v) is 7.08. The molecule has 1 aliphatic carbocycles. The number of rotatable bonds is 1. The van der Waals surface area contributed by atoms with E-state index in [0.717, 1.165) is 34.3 Å². The fourth-order valence-electron chi connectivity index (χ4n) is 4.39. The van der Waals surface area contributed by atoms with E-state index in [2.05, 4.69) is 41.9 Å². The first-order valence-electron chi connectivity index (χ1n) is 7.83. The van der Waals surface area contributed by atoms with Gasteiger partial charge in [-0.2, -0.15) is 10.5 Å². The Bertz CT molecular complexity index is 996. The lowest BCUT2D eigenvalue weighted by Gasteiger charge is -2.29. The quantitative estimate of drug-likeness (QED) is 0.871. The summed E-state index contributed by atoms with van der Waals surface area (Å²) in [7, 11) is 1.99. The molecule has 1 N–H and O–H groups in total. The molecule has 1 unspecified atom stereocenters. The second-order valence-electron chi connectivity index (χ2n) is 7.08. The average Bonchev–Trinajstić information content (AvgIpc) is 3.01. The van der Waals surface area contributed by atoms with Crippen LogP contribution in [-0.2, 0) is 12.5 Å². The Labute approximate surface area is 135 Å². The molecule has 1 aromatic heterocycles.